The van der Waals surface area contributed by atoms with E-state index in [4.69, 9.17) is 9.47 Å². The summed E-state index contributed by atoms with van der Waals surface area (Å²) in [5, 5.41) is 19.7. The summed E-state index contributed by atoms with van der Waals surface area (Å²) >= 11 is 0. The van der Waals surface area contributed by atoms with Gasteiger partial charge in [0.1, 0.15) is 17.9 Å². The topological polar surface area (TPSA) is 180 Å². The molecule has 4 aromatic rings. The molecule has 1 atom stereocenters. The van der Waals surface area contributed by atoms with E-state index in [2.05, 4.69) is 41.7 Å². The van der Waals surface area contributed by atoms with Crippen LogP contribution in [0.3, 0.4) is 0 Å². The van der Waals surface area contributed by atoms with Gasteiger partial charge in [0.25, 0.3) is 10.0 Å². The molecular formula is C31H30N8O5S. The van der Waals surface area contributed by atoms with E-state index in [9.17, 15) is 18.5 Å². The normalized spacial score (nSPS) is 16.5. The molecule has 0 aliphatic carbocycles. The van der Waals surface area contributed by atoms with Gasteiger partial charge in [-0.15, -0.1) is 0 Å². The number of ether oxygens (including phenoxy) is 2. The molecule has 0 spiro atoms. The van der Waals surface area contributed by atoms with Crippen molar-refractivity contribution >= 4 is 49.8 Å². The van der Waals surface area contributed by atoms with Crippen molar-refractivity contribution in [3.05, 3.63) is 78.3 Å². The summed E-state index contributed by atoms with van der Waals surface area (Å²) in [5.41, 5.74) is 2.72. The number of pyridine rings is 1. The van der Waals surface area contributed by atoms with Gasteiger partial charge in [-0.2, -0.15) is 5.26 Å². The first-order chi connectivity index (χ1) is 21.9. The van der Waals surface area contributed by atoms with Gasteiger partial charge in [0.15, 0.2) is 0 Å². The van der Waals surface area contributed by atoms with Crippen molar-refractivity contribution in [2.75, 3.05) is 41.7 Å². The molecule has 2 aliphatic heterocycles. The van der Waals surface area contributed by atoms with E-state index in [1.165, 1.54) is 30.7 Å². The molecule has 0 radical (unpaired) electrons. The number of sulfonamides is 1. The van der Waals surface area contributed by atoms with E-state index in [1.807, 2.05) is 0 Å². The molecule has 1 unspecified atom stereocenters. The number of benzene rings is 2. The molecule has 4 N–H and O–H groups in total. The van der Waals surface area contributed by atoms with Gasteiger partial charge in [-0.1, -0.05) is 23.8 Å². The summed E-state index contributed by atoms with van der Waals surface area (Å²) < 4.78 is 39.5. The van der Waals surface area contributed by atoms with E-state index in [-0.39, 0.29) is 34.1 Å². The van der Waals surface area contributed by atoms with Crippen LogP contribution in [-0.4, -0.2) is 61.7 Å². The van der Waals surface area contributed by atoms with Gasteiger partial charge < -0.3 is 25.4 Å². The standard InChI is InChI=1S/C31H30N8O5S/c32-15-21-16-34-26-14-28(44-23-8-11-43-19-23)27(37-29(40)12-20-6-9-33-10-7-20)13-25(26)30(21)38-31-35-17-22(18-36-31)39-45(41,42)24-4-2-1-3-5-24/h1-5,12-14,16-18,23,33,39H,6-11,19H2,(H,37,40)(H,34,35,36,38). The molecule has 2 aromatic carbocycles. The molecule has 2 aromatic heterocycles. The number of piperidine rings is 1. The molecule has 45 heavy (non-hydrogen) atoms. The second kappa shape index (κ2) is 13.3. The number of amides is 1. The molecule has 2 aliphatic rings. The summed E-state index contributed by atoms with van der Waals surface area (Å²) in [6.45, 7) is 2.67. The lowest BCUT2D eigenvalue weighted by atomic mass is 10.1. The Hall–Kier alpha value is -5.10. The highest BCUT2D eigenvalue weighted by molar-refractivity contribution is 7.92. The molecule has 1 amide bonds. The number of fused-ring (bicyclic) bond motifs is 1. The van der Waals surface area contributed by atoms with Gasteiger partial charge in [0, 0.05) is 30.1 Å². The summed E-state index contributed by atoms with van der Waals surface area (Å²) in [6, 6.07) is 13.5. The minimum atomic E-state index is -3.82. The summed E-state index contributed by atoms with van der Waals surface area (Å²) in [7, 11) is -3.82. The molecule has 6 rings (SSSR count). The Kier molecular flexibility index (Phi) is 8.83. The Morgan fingerprint density at radius 1 is 1.09 bits per heavy atom. The van der Waals surface area contributed by atoms with Crippen LogP contribution in [0.1, 0.15) is 24.8 Å². The zero-order chi connectivity index (χ0) is 31.2. The first kappa shape index (κ1) is 29.9. The van der Waals surface area contributed by atoms with Crippen molar-refractivity contribution in [3.63, 3.8) is 0 Å². The quantitative estimate of drug-likeness (QED) is 0.198. The van der Waals surface area contributed by atoms with Crippen molar-refractivity contribution in [3.8, 4) is 11.8 Å². The van der Waals surface area contributed by atoms with Crippen LogP contribution in [0, 0.1) is 11.3 Å². The van der Waals surface area contributed by atoms with Crippen molar-refractivity contribution in [1.82, 2.24) is 20.3 Å². The van der Waals surface area contributed by atoms with E-state index < -0.39 is 10.0 Å². The average molecular weight is 627 g/mol. The Labute approximate surface area is 259 Å². The van der Waals surface area contributed by atoms with Crippen LogP contribution in [0.2, 0.25) is 0 Å². The van der Waals surface area contributed by atoms with Crippen molar-refractivity contribution in [2.45, 2.75) is 30.3 Å². The summed E-state index contributed by atoms with van der Waals surface area (Å²) in [5.74, 6) is 0.269. The number of carbonyl (C=O) groups is 1. The molecule has 0 bridgehead atoms. The lowest BCUT2D eigenvalue weighted by Gasteiger charge is -2.19. The molecule has 2 saturated heterocycles. The van der Waals surface area contributed by atoms with Crippen LogP contribution >= 0.6 is 0 Å². The lowest BCUT2D eigenvalue weighted by molar-refractivity contribution is -0.112. The fraction of sp³-hybridized carbons (Fsp3) is 0.258. The first-order valence-corrected chi connectivity index (χ1v) is 15.9. The lowest BCUT2D eigenvalue weighted by Crippen LogP contribution is -2.24. The monoisotopic (exact) mass is 626 g/mol. The Morgan fingerprint density at radius 2 is 1.87 bits per heavy atom. The Morgan fingerprint density at radius 3 is 2.58 bits per heavy atom. The van der Waals surface area contributed by atoms with Gasteiger partial charge in [-0.05, 0) is 44.1 Å². The number of rotatable bonds is 9. The third kappa shape index (κ3) is 7.18. The number of carbonyl (C=O) groups excluding carboxylic acids is 1. The van der Waals surface area contributed by atoms with Gasteiger partial charge in [0.2, 0.25) is 11.9 Å². The number of hydrogen-bond acceptors (Lipinski definition) is 11. The maximum atomic E-state index is 13.1. The van der Waals surface area contributed by atoms with Gasteiger partial charge >= 0.3 is 0 Å². The summed E-state index contributed by atoms with van der Waals surface area (Å²) in [6.07, 6.45) is 7.82. The SMILES string of the molecule is N#Cc1cnc2cc(OC3CCOC3)c(NC(=O)C=C3CCNCC3)cc2c1Nc1ncc(NS(=O)(=O)c2ccccc2)cn1. The van der Waals surface area contributed by atoms with E-state index in [0.717, 1.165) is 31.5 Å². The fourth-order valence-corrected chi connectivity index (χ4v) is 6.09. The third-order valence-corrected chi connectivity index (χ3v) is 8.70. The zero-order valence-electron chi connectivity index (χ0n) is 24.1. The first-order valence-electron chi connectivity index (χ1n) is 14.4. The fourth-order valence-electron chi connectivity index (χ4n) is 5.04. The smallest absolute Gasteiger partial charge is 0.261 e. The van der Waals surface area contributed by atoms with Crippen molar-refractivity contribution in [1.29, 1.82) is 5.26 Å². The maximum absolute atomic E-state index is 13.1. The molecule has 4 heterocycles. The van der Waals surface area contributed by atoms with Crippen LogP contribution in [0.15, 0.2) is 77.6 Å². The number of nitrogens with one attached hydrogen (secondary N) is 4. The highest BCUT2D eigenvalue weighted by atomic mass is 32.2. The number of hydrogen-bond donors (Lipinski definition) is 4. The number of nitrogens with zero attached hydrogens (tertiary/aromatic N) is 4. The molecule has 230 valence electrons. The van der Waals surface area contributed by atoms with Crippen LogP contribution in [0.25, 0.3) is 10.9 Å². The molecule has 13 nitrogen and oxygen atoms in total. The maximum Gasteiger partial charge on any atom is 0.261 e. The number of nitriles is 1. The summed E-state index contributed by atoms with van der Waals surface area (Å²) in [4.78, 5) is 26.2. The molecule has 14 heteroatoms. The highest BCUT2D eigenvalue weighted by Crippen LogP contribution is 2.37. The second-order valence-corrected chi connectivity index (χ2v) is 12.2. The van der Waals surface area contributed by atoms with Crippen molar-refractivity contribution in [2.24, 2.45) is 0 Å². The molecular weight excluding hydrogens is 596 g/mol. The van der Waals surface area contributed by atoms with E-state index in [1.54, 1.807) is 36.4 Å². The predicted molar refractivity (Wildman–Crippen MR) is 168 cm³/mol. The predicted octanol–water partition coefficient (Wildman–Crippen LogP) is 3.86. The van der Waals surface area contributed by atoms with Gasteiger partial charge in [-0.3, -0.25) is 14.5 Å². The highest BCUT2D eigenvalue weighted by Gasteiger charge is 2.22. The van der Waals surface area contributed by atoms with Crippen LogP contribution < -0.4 is 25.4 Å². The van der Waals surface area contributed by atoms with E-state index in [0.29, 0.717) is 47.7 Å². The third-order valence-electron chi connectivity index (χ3n) is 7.30. The average Bonchev–Trinajstić information content (AvgIpc) is 3.56. The minimum Gasteiger partial charge on any atom is -0.486 e. The van der Waals surface area contributed by atoms with Gasteiger partial charge in [-0.25, -0.2) is 18.4 Å². The van der Waals surface area contributed by atoms with Crippen LogP contribution in [0.5, 0.6) is 5.75 Å². The largest absolute Gasteiger partial charge is 0.486 e. The van der Waals surface area contributed by atoms with Crippen molar-refractivity contribution < 1.29 is 22.7 Å². The molecule has 0 saturated carbocycles. The molecule has 2 fully saturated rings. The second-order valence-electron chi connectivity index (χ2n) is 10.5. The van der Waals surface area contributed by atoms with Crippen LogP contribution in [0.4, 0.5) is 23.0 Å². The number of aromatic nitrogens is 3. The Balaban J connectivity index is 1.31. The Bertz CT molecular complexity index is 1880. The zero-order valence-corrected chi connectivity index (χ0v) is 24.9. The van der Waals surface area contributed by atoms with Crippen LogP contribution in [-0.2, 0) is 19.6 Å². The number of anilines is 4. The van der Waals surface area contributed by atoms with E-state index >= 15 is 0 Å². The minimum absolute atomic E-state index is 0.104. The van der Waals surface area contributed by atoms with Gasteiger partial charge in [0.05, 0.1) is 58.6 Å².